The smallest absolute Gasteiger partial charge is 0.246 e. The van der Waals surface area contributed by atoms with E-state index in [2.05, 4.69) is 10.3 Å². The third kappa shape index (κ3) is 2.98. The summed E-state index contributed by atoms with van der Waals surface area (Å²) in [5, 5.41) is 3.85. The van der Waals surface area contributed by atoms with Crippen molar-refractivity contribution in [3.8, 4) is 0 Å². The van der Waals surface area contributed by atoms with Crippen molar-refractivity contribution in [3.05, 3.63) is 28.2 Å². The van der Waals surface area contributed by atoms with Crippen molar-refractivity contribution in [2.45, 2.75) is 33.1 Å². The van der Waals surface area contributed by atoms with Gasteiger partial charge in [-0.15, -0.1) is 0 Å². The molecule has 0 saturated carbocycles. The van der Waals surface area contributed by atoms with Gasteiger partial charge in [-0.1, -0.05) is 43.5 Å². The number of hydrogen-bond donors (Lipinski definition) is 1. The lowest BCUT2D eigenvalue weighted by Crippen LogP contribution is -2.67. The molecule has 0 aliphatic carbocycles. The van der Waals surface area contributed by atoms with Gasteiger partial charge in [-0.25, -0.2) is 4.99 Å². The predicted molar refractivity (Wildman–Crippen MR) is 98.7 cm³/mol. The van der Waals surface area contributed by atoms with E-state index < -0.39 is 5.41 Å². The van der Waals surface area contributed by atoms with Gasteiger partial charge in [-0.05, 0) is 31.0 Å². The van der Waals surface area contributed by atoms with Crippen molar-refractivity contribution in [2.75, 3.05) is 18.2 Å². The van der Waals surface area contributed by atoms with E-state index in [0.29, 0.717) is 35.5 Å². The predicted octanol–water partition coefficient (Wildman–Crippen LogP) is 3.24. The number of carbonyl (C=O) groups is 2. The molecule has 0 radical (unpaired) electrons. The Labute approximate surface area is 156 Å². The summed E-state index contributed by atoms with van der Waals surface area (Å²) in [6.45, 7) is 4.42. The molecule has 25 heavy (non-hydrogen) atoms. The standard InChI is InChI=1S/C17H20Cl2N4O2/c1-3-7-17(4-2)14(24)21-16-20-9-22(10-23(16)15(17)25)13-6-5-11(18)8-12(13)19/h5-6,8H,3-4,7,9-10H2,1-2H3,(H,20,21,24). The zero-order chi connectivity index (χ0) is 18.2. The number of benzene rings is 1. The van der Waals surface area contributed by atoms with Crippen LogP contribution in [0.3, 0.4) is 0 Å². The van der Waals surface area contributed by atoms with Gasteiger partial charge in [-0.2, -0.15) is 0 Å². The average molecular weight is 383 g/mol. The number of hydrogen-bond acceptors (Lipinski definition) is 4. The molecule has 6 nitrogen and oxygen atoms in total. The zero-order valence-electron chi connectivity index (χ0n) is 14.2. The van der Waals surface area contributed by atoms with Crippen LogP contribution in [-0.4, -0.2) is 36.0 Å². The number of halogens is 2. The molecule has 2 amide bonds. The van der Waals surface area contributed by atoms with Gasteiger partial charge in [0.25, 0.3) is 0 Å². The first kappa shape index (κ1) is 18.0. The van der Waals surface area contributed by atoms with E-state index >= 15 is 0 Å². The van der Waals surface area contributed by atoms with Gasteiger partial charge in [0.1, 0.15) is 18.8 Å². The number of nitrogens with zero attached hydrogens (tertiary/aromatic N) is 3. The van der Waals surface area contributed by atoms with Crippen molar-refractivity contribution in [3.63, 3.8) is 0 Å². The normalized spacial score (nSPS) is 23.3. The molecule has 2 aliphatic heterocycles. The fourth-order valence-electron chi connectivity index (χ4n) is 3.39. The Morgan fingerprint density at radius 2 is 2.04 bits per heavy atom. The van der Waals surface area contributed by atoms with Gasteiger partial charge < -0.3 is 4.90 Å². The van der Waals surface area contributed by atoms with Gasteiger partial charge in [0.05, 0.1) is 10.7 Å². The monoisotopic (exact) mass is 382 g/mol. The highest BCUT2D eigenvalue weighted by molar-refractivity contribution is 6.36. The summed E-state index contributed by atoms with van der Waals surface area (Å²) in [4.78, 5) is 33.5. The maximum absolute atomic E-state index is 13.1. The van der Waals surface area contributed by atoms with Crippen LogP contribution in [0.25, 0.3) is 0 Å². The molecule has 1 aromatic rings. The molecule has 1 saturated heterocycles. The lowest BCUT2D eigenvalue weighted by Gasteiger charge is -2.44. The Morgan fingerprint density at radius 1 is 1.28 bits per heavy atom. The van der Waals surface area contributed by atoms with Gasteiger partial charge in [0.2, 0.25) is 17.8 Å². The maximum atomic E-state index is 13.1. The molecule has 1 fully saturated rings. The van der Waals surface area contributed by atoms with Gasteiger partial charge in [0.15, 0.2) is 0 Å². The summed E-state index contributed by atoms with van der Waals surface area (Å²) in [5.41, 5.74) is -0.281. The van der Waals surface area contributed by atoms with Crippen molar-refractivity contribution < 1.29 is 9.59 Å². The van der Waals surface area contributed by atoms with Crippen LogP contribution in [0.15, 0.2) is 23.2 Å². The van der Waals surface area contributed by atoms with Crippen LogP contribution in [0.2, 0.25) is 10.0 Å². The highest BCUT2D eigenvalue weighted by Crippen LogP contribution is 2.36. The topological polar surface area (TPSA) is 65.0 Å². The molecule has 1 unspecified atom stereocenters. The number of guanidine groups is 1. The third-order valence-corrected chi connectivity index (χ3v) is 5.34. The summed E-state index contributed by atoms with van der Waals surface area (Å²) in [6, 6.07) is 5.21. The second kappa shape index (κ2) is 6.84. The first-order chi connectivity index (χ1) is 11.9. The number of rotatable bonds is 4. The largest absolute Gasteiger partial charge is 0.332 e. The molecule has 1 aromatic carbocycles. The first-order valence-corrected chi connectivity index (χ1v) is 9.06. The molecule has 1 N–H and O–H groups in total. The molecular formula is C17H20Cl2N4O2. The molecule has 0 spiro atoms. The highest BCUT2D eigenvalue weighted by atomic mass is 35.5. The Balaban J connectivity index is 1.93. The first-order valence-electron chi connectivity index (χ1n) is 8.30. The molecule has 0 bridgehead atoms. The zero-order valence-corrected chi connectivity index (χ0v) is 15.7. The minimum absolute atomic E-state index is 0.200. The second-order valence-electron chi connectivity index (χ2n) is 6.27. The lowest BCUT2D eigenvalue weighted by molar-refractivity contribution is -0.151. The SMILES string of the molecule is CCCC1(CC)C(=O)NC2=NCN(c3ccc(Cl)cc3Cl)CN2C1=O. The second-order valence-corrected chi connectivity index (χ2v) is 7.12. The number of amides is 2. The fourth-order valence-corrected chi connectivity index (χ4v) is 3.92. The minimum atomic E-state index is -1.03. The minimum Gasteiger partial charge on any atom is -0.332 e. The summed E-state index contributed by atoms with van der Waals surface area (Å²) in [6.07, 6.45) is 1.72. The number of aliphatic imine (C=N–C) groups is 1. The van der Waals surface area contributed by atoms with Crippen molar-refractivity contribution in [2.24, 2.45) is 10.4 Å². The molecule has 3 rings (SSSR count). The molecular weight excluding hydrogens is 363 g/mol. The molecule has 8 heteroatoms. The number of fused-ring (bicyclic) bond motifs is 1. The van der Waals surface area contributed by atoms with Gasteiger partial charge >= 0.3 is 0 Å². The quantitative estimate of drug-likeness (QED) is 0.812. The van der Waals surface area contributed by atoms with Crippen LogP contribution < -0.4 is 10.2 Å². The van der Waals surface area contributed by atoms with E-state index in [4.69, 9.17) is 23.2 Å². The maximum Gasteiger partial charge on any atom is 0.246 e. The molecule has 1 atom stereocenters. The number of carbonyl (C=O) groups excluding carboxylic acids is 2. The van der Waals surface area contributed by atoms with Crippen LogP contribution in [0.4, 0.5) is 5.69 Å². The van der Waals surface area contributed by atoms with Crippen molar-refractivity contribution >= 4 is 46.7 Å². The molecule has 134 valence electrons. The highest BCUT2D eigenvalue weighted by Gasteiger charge is 2.52. The van der Waals surface area contributed by atoms with Crippen LogP contribution in [0, 0.1) is 5.41 Å². The number of nitrogens with one attached hydrogen (secondary N) is 1. The molecule has 0 aromatic heterocycles. The Bertz CT molecular complexity index is 752. The van der Waals surface area contributed by atoms with E-state index in [1.165, 1.54) is 4.90 Å². The summed E-state index contributed by atoms with van der Waals surface area (Å²) < 4.78 is 0. The average Bonchev–Trinajstić information content (AvgIpc) is 2.59. The van der Waals surface area contributed by atoms with Crippen LogP contribution in [-0.2, 0) is 9.59 Å². The van der Waals surface area contributed by atoms with Crippen LogP contribution in [0.1, 0.15) is 33.1 Å². The Morgan fingerprint density at radius 3 is 2.68 bits per heavy atom. The van der Waals surface area contributed by atoms with Crippen molar-refractivity contribution in [1.29, 1.82) is 0 Å². The van der Waals surface area contributed by atoms with E-state index in [1.54, 1.807) is 18.2 Å². The number of anilines is 1. The van der Waals surface area contributed by atoms with E-state index in [1.807, 2.05) is 18.7 Å². The fraction of sp³-hybridized carbons (Fsp3) is 0.471. The van der Waals surface area contributed by atoms with Crippen LogP contribution in [0.5, 0.6) is 0 Å². The van der Waals surface area contributed by atoms with Gasteiger partial charge in [0, 0.05) is 5.02 Å². The summed E-state index contributed by atoms with van der Waals surface area (Å²) in [5.74, 6) is -0.138. The Kier molecular flexibility index (Phi) is 4.93. The van der Waals surface area contributed by atoms with E-state index in [-0.39, 0.29) is 18.5 Å². The summed E-state index contributed by atoms with van der Waals surface area (Å²) in [7, 11) is 0. The van der Waals surface area contributed by atoms with Gasteiger partial charge in [-0.3, -0.25) is 19.8 Å². The molecule has 2 aliphatic rings. The Hall–Kier alpha value is -1.79. The van der Waals surface area contributed by atoms with E-state index in [0.717, 1.165) is 12.1 Å². The van der Waals surface area contributed by atoms with Crippen molar-refractivity contribution in [1.82, 2.24) is 10.2 Å². The third-order valence-electron chi connectivity index (χ3n) is 4.80. The summed E-state index contributed by atoms with van der Waals surface area (Å²) >= 11 is 12.2. The van der Waals surface area contributed by atoms with Crippen LogP contribution >= 0.6 is 23.2 Å². The molecule has 2 heterocycles. The van der Waals surface area contributed by atoms with E-state index in [9.17, 15) is 9.59 Å². The lowest BCUT2D eigenvalue weighted by atomic mass is 9.77.